The fourth-order valence-corrected chi connectivity index (χ4v) is 5.07. The van der Waals surface area contributed by atoms with Crippen molar-refractivity contribution in [3.8, 4) is 0 Å². The van der Waals surface area contributed by atoms with Gasteiger partial charge in [-0.25, -0.2) is 22.6 Å². The van der Waals surface area contributed by atoms with Gasteiger partial charge in [0.25, 0.3) is 0 Å². The van der Waals surface area contributed by atoms with Gasteiger partial charge in [0.1, 0.15) is 16.5 Å². The minimum absolute atomic E-state index is 0.106. The van der Waals surface area contributed by atoms with Crippen molar-refractivity contribution < 1.29 is 22.3 Å². The van der Waals surface area contributed by atoms with Crippen molar-refractivity contribution in [2.45, 2.75) is 18.2 Å². The van der Waals surface area contributed by atoms with Crippen LogP contribution in [-0.2, 0) is 14.8 Å². The number of halogens is 2. The summed E-state index contributed by atoms with van der Waals surface area (Å²) in [6.07, 6.45) is 2.03. The quantitative estimate of drug-likeness (QED) is 0.664. The van der Waals surface area contributed by atoms with Gasteiger partial charge >= 0.3 is 5.97 Å². The first-order valence-electron chi connectivity index (χ1n) is 9.16. The fraction of sp³-hybridized carbons (Fsp3) is 0.368. The first kappa shape index (κ1) is 21.5. The molecule has 1 fully saturated rings. The van der Waals surface area contributed by atoms with Crippen LogP contribution in [0.3, 0.4) is 0 Å². The lowest BCUT2D eigenvalue weighted by atomic mass is 10.2. The number of carbonyl (C=O) groups excluding carboxylic acids is 1. The highest BCUT2D eigenvalue weighted by molar-refractivity contribution is 7.89. The molecule has 2 aromatic rings. The Bertz CT molecular complexity index is 985. The highest BCUT2D eigenvalue weighted by atomic mass is 35.5. The topological polar surface area (TPSA) is 79.8 Å². The molecule has 29 heavy (non-hydrogen) atoms. The van der Waals surface area contributed by atoms with Gasteiger partial charge in [-0.3, -0.25) is 0 Å². The SMILES string of the molecule is CCOC(=O)c1ccc(N2CCCN(S(=O)(=O)c3ccc(F)cc3Cl)CC2)nc1. The molecule has 0 saturated carbocycles. The van der Waals surface area contributed by atoms with E-state index in [-0.39, 0.29) is 23.1 Å². The second-order valence-electron chi connectivity index (χ2n) is 6.44. The highest BCUT2D eigenvalue weighted by Gasteiger charge is 2.29. The summed E-state index contributed by atoms with van der Waals surface area (Å²) in [4.78, 5) is 17.9. The summed E-state index contributed by atoms with van der Waals surface area (Å²) in [5.74, 6) is -0.374. The molecular weight excluding hydrogens is 421 g/mol. The van der Waals surface area contributed by atoms with Crippen LogP contribution in [0.2, 0.25) is 5.02 Å². The van der Waals surface area contributed by atoms with Crippen molar-refractivity contribution in [1.82, 2.24) is 9.29 Å². The van der Waals surface area contributed by atoms with Gasteiger partial charge < -0.3 is 9.64 Å². The van der Waals surface area contributed by atoms with Crippen LogP contribution in [0.25, 0.3) is 0 Å². The minimum Gasteiger partial charge on any atom is -0.462 e. The van der Waals surface area contributed by atoms with E-state index in [1.807, 2.05) is 4.90 Å². The monoisotopic (exact) mass is 441 g/mol. The molecule has 1 aromatic carbocycles. The molecule has 0 amide bonds. The van der Waals surface area contributed by atoms with E-state index in [1.165, 1.54) is 16.6 Å². The van der Waals surface area contributed by atoms with Gasteiger partial charge in [-0.05, 0) is 43.7 Å². The summed E-state index contributed by atoms with van der Waals surface area (Å²) < 4.78 is 45.4. The maximum Gasteiger partial charge on any atom is 0.339 e. The van der Waals surface area contributed by atoms with Gasteiger partial charge in [0.05, 0.1) is 17.2 Å². The zero-order chi connectivity index (χ0) is 21.0. The Hall–Kier alpha value is -2.23. The molecule has 0 bridgehead atoms. The third-order valence-electron chi connectivity index (χ3n) is 4.55. The van der Waals surface area contributed by atoms with E-state index < -0.39 is 21.8 Å². The molecule has 10 heteroatoms. The molecular formula is C19H21ClFN3O4S. The normalized spacial score (nSPS) is 15.8. The number of benzene rings is 1. The van der Waals surface area contributed by atoms with Gasteiger partial charge in [-0.2, -0.15) is 4.31 Å². The number of pyridine rings is 1. The largest absolute Gasteiger partial charge is 0.462 e. The molecule has 1 aromatic heterocycles. The summed E-state index contributed by atoms with van der Waals surface area (Å²) in [5.41, 5.74) is 0.362. The number of hydrogen-bond acceptors (Lipinski definition) is 6. The summed E-state index contributed by atoms with van der Waals surface area (Å²) >= 11 is 5.96. The molecule has 7 nitrogen and oxygen atoms in total. The molecule has 0 unspecified atom stereocenters. The van der Waals surface area contributed by atoms with Crippen molar-refractivity contribution in [3.63, 3.8) is 0 Å². The summed E-state index contributed by atoms with van der Waals surface area (Å²) in [5, 5.41) is -0.137. The van der Waals surface area contributed by atoms with Crippen LogP contribution in [0.5, 0.6) is 0 Å². The summed E-state index contributed by atoms with van der Waals surface area (Å²) in [7, 11) is -3.84. The maximum absolute atomic E-state index is 13.3. The number of rotatable bonds is 5. The van der Waals surface area contributed by atoms with Crippen LogP contribution in [0, 0.1) is 5.82 Å². The molecule has 0 aliphatic carbocycles. The number of sulfonamides is 1. The van der Waals surface area contributed by atoms with E-state index in [0.29, 0.717) is 37.4 Å². The molecule has 1 aliphatic rings. The maximum atomic E-state index is 13.3. The zero-order valence-electron chi connectivity index (χ0n) is 15.8. The number of esters is 1. The molecule has 156 valence electrons. The van der Waals surface area contributed by atoms with Crippen LogP contribution in [0.15, 0.2) is 41.4 Å². The molecule has 2 heterocycles. The molecule has 1 aliphatic heterocycles. The standard InChI is InChI=1S/C19H21ClFN3O4S/c1-2-28-19(25)14-4-7-18(22-13-14)23-8-3-9-24(11-10-23)29(26,27)17-6-5-15(21)12-16(17)20/h4-7,12-13H,2-3,8-11H2,1H3. The molecule has 0 spiro atoms. The number of nitrogens with zero attached hydrogens (tertiary/aromatic N) is 3. The van der Waals surface area contributed by atoms with Gasteiger partial charge in [0.15, 0.2) is 0 Å². The second-order valence-corrected chi connectivity index (χ2v) is 8.76. The number of aromatic nitrogens is 1. The molecule has 3 rings (SSSR count). The van der Waals surface area contributed by atoms with Crippen LogP contribution in [0.1, 0.15) is 23.7 Å². The molecule has 1 saturated heterocycles. The first-order valence-corrected chi connectivity index (χ1v) is 11.0. The summed E-state index contributed by atoms with van der Waals surface area (Å²) in [6.45, 7) is 3.59. The fourth-order valence-electron chi connectivity index (χ4n) is 3.10. The Morgan fingerprint density at radius 1 is 1.21 bits per heavy atom. The number of ether oxygens (including phenoxy) is 1. The molecule has 0 N–H and O–H groups in total. The number of hydrogen-bond donors (Lipinski definition) is 0. The predicted molar refractivity (Wildman–Crippen MR) is 107 cm³/mol. The van der Waals surface area contributed by atoms with Crippen molar-refractivity contribution in [2.24, 2.45) is 0 Å². The van der Waals surface area contributed by atoms with E-state index in [9.17, 15) is 17.6 Å². The average molecular weight is 442 g/mol. The lowest BCUT2D eigenvalue weighted by Gasteiger charge is -2.23. The zero-order valence-corrected chi connectivity index (χ0v) is 17.4. The van der Waals surface area contributed by atoms with E-state index in [4.69, 9.17) is 16.3 Å². The third kappa shape index (κ3) is 4.85. The van der Waals surface area contributed by atoms with E-state index in [2.05, 4.69) is 4.98 Å². The Labute approximate surface area is 174 Å². The van der Waals surface area contributed by atoms with E-state index in [0.717, 1.165) is 12.1 Å². The Kier molecular flexibility index (Phi) is 6.71. The lowest BCUT2D eigenvalue weighted by Crippen LogP contribution is -2.35. The third-order valence-corrected chi connectivity index (χ3v) is 6.93. The molecule has 0 radical (unpaired) electrons. The van der Waals surface area contributed by atoms with Crippen molar-refractivity contribution in [2.75, 3.05) is 37.7 Å². The van der Waals surface area contributed by atoms with Crippen LogP contribution >= 0.6 is 11.6 Å². The van der Waals surface area contributed by atoms with Crippen LogP contribution < -0.4 is 4.90 Å². The van der Waals surface area contributed by atoms with E-state index in [1.54, 1.807) is 19.1 Å². The van der Waals surface area contributed by atoms with E-state index >= 15 is 0 Å². The number of anilines is 1. The van der Waals surface area contributed by atoms with Crippen LogP contribution in [-0.4, -0.2) is 56.5 Å². The van der Waals surface area contributed by atoms with Crippen molar-refractivity contribution in [3.05, 3.63) is 52.9 Å². The second kappa shape index (κ2) is 9.06. The summed E-state index contributed by atoms with van der Waals surface area (Å²) in [6, 6.07) is 6.61. The van der Waals surface area contributed by atoms with Gasteiger partial charge in [0.2, 0.25) is 10.0 Å². The first-order chi connectivity index (χ1) is 13.8. The van der Waals surface area contributed by atoms with Crippen molar-refractivity contribution >= 4 is 33.4 Å². The van der Waals surface area contributed by atoms with Gasteiger partial charge in [0, 0.05) is 32.4 Å². The average Bonchev–Trinajstić information content (AvgIpc) is 2.95. The Morgan fingerprint density at radius 3 is 2.66 bits per heavy atom. The highest BCUT2D eigenvalue weighted by Crippen LogP contribution is 2.26. The molecule has 0 atom stereocenters. The van der Waals surface area contributed by atoms with Gasteiger partial charge in [-0.1, -0.05) is 11.6 Å². The Balaban J connectivity index is 1.72. The minimum atomic E-state index is -3.84. The predicted octanol–water partition coefficient (Wildman–Crippen LogP) is 2.95. The Morgan fingerprint density at radius 2 is 2.00 bits per heavy atom. The van der Waals surface area contributed by atoms with Crippen LogP contribution in [0.4, 0.5) is 10.2 Å². The van der Waals surface area contributed by atoms with Gasteiger partial charge in [-0.15, -0.1) is 0 Å². The van der Waals surface area contributed by atoms with Crippen molar-refractivity contribution in [1.29, 1.82) is 0 Å². The lowest BCUT2D eigenvalue weighted by molar-refractivity contribution is 0.0526. The smallest absolute Gasteiger partial charge is 0.339 e. The number of carbonyl (C=O) groups is 1.